The van der Waals surface area contributed by atoms with Crippen molar-refractivity contribution in [3.8, 4) is 22.9 Å². The van der Waals surface area contributed by atoms with Crippen LogP contribution in [-0.4, -0.2) is 59.2 Å². The minimum atomic E-state index is 0.0154. The maximum atomic E-state index is 12.0. The van der Waals surface area contributed by atoms with Crippen LogP contribution in [0.2, 0.25) is 5.15 Å². The van der Waals surface area contributed by atoms with E-state index in [1.807, 2.05) is 33.7 Å². The number of nitrogens with two attached hydrogens (primary N) is 1. The van der Waals surface area contributed by atoms with Crippen molar-refractivity contribution in [2.75, 3.05) is 18.8 Å². The Hall–Kier alpha value is -4.54. The van der Waals surface area contributed by atoms with Crippen molar-refractivity contribution in [2.45, 2.75) is 37.8 Å². The predicted octanol–water partition coefficient (Wildman–Crippen LogP) is 4.66. The van der Waals surface area contributed by atoms with E-state index in [-0.39, 0.29) is 11.9 Å². The Bertz CT molecular complexity index is 1820. The monoisotopic (exact) mass is 579 g/mol. The summed E-state index contributed by atoms with van der Waals surface area (Å²) >= 11 is 6.09. The Kier molecular flexibility index (Phi) is 6.72. The molecule has 1 aliphatic heterocycles. The second kappa shape index (κ2) is 10.7. The molecule has 0 bridgehead atoms. The number of nitrogens with zero attached hydrogens (tertiary/aromatic N) is 7. The number of hydrogen-bond acceptors (Lipinski definition) is 7. The Morgan fingerprint density at radius 3 is 2.71 bits per heavy atom. The molecule has 0 radical (unpaired) electrons. The molecule has 5 heterocycles. The number of benzene rings is 1. The van der Waals surface area contributed by atoms with Crippen LogP contribution in [0.4, 0.5) is 5.82 Å². The van der Waals surface area contributed by atoms with E-state index in [0.717, 1.165) is 55.5 Å². The number of halogens is 1. The fourth-order valence-corrected chi connectivity index (χ4v) is 6.27. The van der Waals surface area contributed by atoms with Crippen LogP contribution in [0.5, 0.6) is 0 Å². The molecule has 212 valence electrons. The number of pyridine rings is 2. The van der Waals surface area contributed by atoms with Crippen LogP contribution in [0.3, 0.4) is 0 Å². The minimum absolute atomic E-state index is 0.0154. The Morgan fingerprint density at radius 2 is 1.95 bits per heavy atom. The molecule has 1 fully saturated rings. The molecule has 5 aromatic rings. The third kappa shape index (κ3) is 4.72. The molecule has 3 N–H and O–H groups in total. The summed E-state index contributed by atoms with van der Waals surface area (Å²) in [5.41, 5.74) is 12.0. The zero-order valence-electron chi connectivity index (χ0n) is 22.9. The molecule has 1 aliphatic carbocycles. The topological polar surface area (TPSA) is 120 Å². The van der Waals surface area contributed by atoms with Gasteiger partial charge >= 0.3 is 0 Å². The number of aryl methyl sites for hydroxylation is 1. The van der Waals surface area contributed by atoms with Crippen LogP contribution in [0.1, 0.15) is 36.4 Å². The van der Waals surface area contributed by atoms with Crippen molar-refractivity contribution in [1.82, 2.24) is 39.5 Å². The molecule has 1 amide bonds. The summed E-state index contributed by atoms with van der Waals surface area (Å²) in [5, 5.41) is 8.58. The van der Waals surface area contributed by atoms with Gasteiger partial charge in [0.2, 0.25) is 5.91 Å². The summed E-state index contributed by atoms with van der Waals surface area (Å²) in [6, 6.07) is 16.5. The molecular weight excluding hydrogens is 550 g/mol. The quantitative estimate of drug-likeness (QED) is 0.281. The van der Waals surface area contributed by atoms with E-state index in [2.05, 4.69) is 40.2 Å². The number of hydrogen-bond donors (Lipinski definition) is 2. The highest BCUT2D eigenvalue weighted by Crippen LogP contribution is 2.36. The van der Waals surface area contributed by atoms with Crippen LogP contribution in [-0.2, 0) is 11.2 Å². The fraction of sp³-hybridized carbons (Fsp3) is 0.258. The van der Waals surface area contributed by atoms with Gasteiger partial charge in [0.15, 0.2) is 22.4 Å². The third-order valence-corrected chi connectivity index (χ3v) is 8.44. The molecule has 11 heteroatoms. The lowest BCUT2D eigenvalue weighted by atomic mass is 10.0. The molecule has 7 rings (SSSR count). The molecule has 1 atom stereocenters. The van der Waals surface area contributed by atoms with Crippen molar-refractivity contribution >= 4 is 34.5 Å². The number of imidazole rings is 1. The van der Waals surface area contributed by atoms with Gasteiger partial charge in [-0.05, 0) is 85.4 Å². The standard InChI is InChI=1S/C31H30ClN9O/c1-2-28(42)39-15-11-20(12-16-39)35-24-8-5-19-18-21(6-7-22(19)24)41-30(23-4-3-14-34-29(23)33)36-25-9-10-27(37-31(25)41)40-17-13-26(32)38-40/h2-4,6-7,9-10,13-14,17-18,20,24,35H,1,5,8,11-12,15-16H2,(H2,33,34)/t24-/m0/s1. The number of nitrogens with one attached hydrogen (secondary N) is 1. The number of carbonyl (C=O) groups excluding carboxylic acids is 1. The number of likely N-dealkylation sites (tertiary alicyclic amines) is 1. The Balaban J connectivity index is 1.24. The number of carbonyl (C=O) groups is 1. The van der Waals surface area contributed by atoms with E-state index in [1.54, 1.807) is 23.1 Å². The van der Waals surface area contributed by atoms with E-state index in [4.69, 9.17) is 27.3 Å². The van der Waals surface area contributed by atoms with E-state index in [1.165, 1.54) is 17.2 Å². The summed E-state index contributed by atoms with van der Waals surface area (Å²) in [7, 11) is 0. The molecule has 2 aliphatic rings. The third-order valence-electron chi connectivity index (χ3n) is 8.24. The van der Waals surface area contributed by atoms with Gasteiger partial charge in [-0.3, -0.25) is 9.36 Å². The van der Waals surface area contributed by atoms with Gasteiger partial charge in [0, 0.05) is 43.3 Å². The molecule has 0 unspecified atom stereocenters. The molecule has 4 aromatic heterocycles. The Morgan fingerprint density at radius 1 is 1.10 bits per heavy atom. The minimum Gasteiger partial charge on any atom is -0.383 e. The van der Waals surface area contributed by atoms with Crippen LogP contribution < -0.4 is 11.1 Å². The van der Waals surface area contributed by atoms with Crippen LogP contribution in [0.15, 0.2) is 73.6 Å². The van der Waals surface area contributed by atoms with Gasteiger partial charge < -0.3 is 16.0 Å². The van der Waals surface area contributed by atoms with Gasteiger partial charge in [0.05, 0.1) is 5.56 Å². The largest absolute Gasteiger partial charge is 0.383 e. The number of aromatic nitrogens is 6. The first-order valence-electron chi connectivity index (χ1n) is 14.1. The van der Waals surface area contributed by atoms with Gasteiger partial charge in [0.25, 0.3) is 0 Å². The molecule has 1 saturated heterocycles. The molecule has 1 aromatic carbocycles. The lowest BCUT2D eigenvalue weighted by Gasteiger charge is -2.33. The van der Waals surface area contributed by atoms with Crippen molar-refractivity contribution in [2.24, 2.45) is 0 Å². The number of piperidine rings is 1. The smallest absolute Gasteiger partial charge is 0.245 e. The van der Waals surface area contributed by atoms with Crippen molar-refractivity contribution in [3.63, 3.8) is 0 Å². The average molecular weight is 580 g/mol. The first-order chi connectivity index (χ1) is 20.5. The van der Waals surface area contributed by atoms with Crippen molar-refractivity contribution < 1.29 is 4.79 Å². The van der Waals surface area contributed by atoms with E-state index >= 15 is 0 Å². The first-order valence-corrected chi connectivity index (χ1v) is 14.5. The zero-order valence-corrected chi connectivity index (χ0v) is 23.7. The van der Waals surface area contributed by atoms with Crippen molar-refractivity contribution in [3.05, 3.63) is 89.9 Å². The maximum Gasteiger partial charge on any atom is 0.245 e. The summed E-state index contributed by atoms with van der Waals surface area (Å²) in [4.78, 5) is 28.1. The molecule has 0 spiro atoms. The number of rotatable bonds is 6. The van der Waals surface area contributed by atoms with Gasteiger partial charge in [-0.2, -0.15) is 5.10 Å². The summed E-state index contributed by atoms with van der Waals surface area (Å²) in [5.74, 6) is 1.72. The van der Waals surface area contributed by atoms with Gasteiger partial charge in [-0.15, -0.1) is 0 Å². The van der Waals surface area contributed by atoms with Gasteiger partial charge in [-0.1, -0.05) is 24.2 Å². The zero-order chi connectivity index (χ0) is 28.8. The molecular formula is C31H30ClN9O. The van der Waals surface area contributed by atoms with Gasteiger partial charge in [-0.25, -0.2) is 19.6 Å². The lowest BCUT2D eigenvalue weighted by Crippen LogP contribution is -2.45. The molecule has 42 heavy (non-hydrogen) atoms. The summed E-state index contributed by atoms with van der Waals surface area (Å²) < 4.78 is 3.69. The van der Waals surface area contributed by atoms with Crippen LogP contribution >= 0.6 is 11.6 Å². The highest BCUT2D eigenvalue weighted by Gasteiger charge is 2.29. The fourth-order valence-electron chi connectivity index (χ4n) is 6.13. The number of nitrogen functional groups attached to an aromatic ring is 1. The normalized spacial score (nSPS) is 17.1. The second-order valence-corrected chi connectivity index (χ2v) is 11.1. The number of anilines is 1. The van der Waals surface area contributed by atoms with Crippen molar-refractivity contribution in [1.29, 1.82) is 0 Å². The molecule has 10 nitrogen and oxygen atoms in total. The van der Waals surface area contributed by atoms with E-state index in [0.29, 0.717) is 34.3 Å². The molecule has 0 saturated carbocycles. The van der Waals surface area contributed by atoms with Crippen LogP contribution in [0.25, 0.3) is 34.1 Å². The first kappa shape index (κ1) is 26.4. The van der Waals surface area contributed by atoms with Crippen LogP contribution in [0, 0.1) is 0 Å². The van der Waals surface area contributed by atoms with E-state index in [9.17, 15) is 4.79 Å². The second-order valence-electron chi connectivity index (χ2n) is 10.7. The maximum absolute atomic E-state index is 12.0. The van der Waals surface area contributed by atoms with Gasteiger partial charge in [0.1, 0.15) is 11.3 Å². The number of fused-ring (bicyclic) bond motifs is 2. The summed E-state index contributed by atoms with van der Waals surface area (Å²) in [6.07, 6.45) is 8.73. The highest BCUT2D eigenvalue weighted by molar-refractivity contribution is 6.29. The Labute approximate surface area is 247 Å². The average Bonchev–Trinajstić information content (AvgIpc) is 3.73. The van der Waals surface area contributed by atoms with E-state index < -0.39 is 0 Å². The lowest BCUT2D eigenvalue weighted by molar-refractivity contribution is -0.127. The number of amides is 1. The highest BCUT2D eigenvalue weighted by atomic mass is 35.5. The SMILES string of the molecule is C=CC(=O)N1CCC(N[C@H]2CCc3cc(-n4c(-c5cccnc5N)nc5ccc(-n6ccc(Cl)n6)nc54)ccc32)CC1. The predicted molar refractivity (Wildman–Crippen MR) is 163 cm³/mol. The summed E-state index contributed by atoms with van der Waals surface area (Å²) in [6.45, 7) is 5.13.